The first-order chi connectivity index (χ1) is 12.8. The molecule has 0 N–H and O–H groups in total. The molecule has 0 bridgehead atoms. The van der Waals surface area contributed by atoms with E-state index in [4.69, 9.17) is 9.47 Å². The Morgan fingerprint density at radius 1 is 0.654 bits per heavy atom. The fraction of sp³-hybridized carbons (Fsp3) is 0.455. The van der Waals surface area contributed by atoms with Crippen LogP contribution >= 0.6 is 0 Å². The molecular formula is C22H30O2Te2. The van der Waals surface area contributed by atoms with Crippen molar-refractivity contribution in [2.24, 2.45) is 0 Å². The van der Waals surface area contributed by atoms with Gasteiger partial charge >= 0.3 is 176 Å². The number of hydrogen-bond acceptors (Lipinski definition) is 2. The van der Waals surface area contributed by atoms with Crippen molar-refractivity contribution in [2.45, 2.75) is 47.8 Å². The second-order valence-electron chi connectivity index (χ2n) is 6.10. The zero-order chi connectivity index (χ0) is 18.5. The van der Waals surface area contributed by atoms with E-state index in [-0.39, 0.29) is 34.1 Å². The van der Waals surface area contributed by atoms with Gasteiger partial charge in [-0.25, -0.2) is 0 Å². The van der Waals surface area contributed by atoms with Crippen LogP contribution in [0.15, 0.2) is 60.7 Å². The molecule has 0 aliphatic heterocycles. The second-order valence-corrected chi connectivity index (χ2v) is 18.4. The minimum absolute atomic E-state index is 0.0880. The summed E-state index contributed by atoms with van der Waals surface area (Å²) in [6.45, 7) is 5.86. The molecule has 26 heavy (non-hydrogen) atoms. The van der Waals surface area contributed by atoms with Gasteiger partial charge < -0.3 is 0 Å². The van der Waals surface area contributed by atoms with Gasteiger partial charge in [-0.15, -0.1) is 0 Å². The molecule has 0 saturated carbocycles. The van der Waals surface area contributed by atoms with Crippen molar-refractivity contribution in [1.29, 1.82) is 0 Å². The van der Waals surface area contributed by atoms with Crippen LogP contribution in [0.2, 0.25) is 8.94 Å². The fourth-order valence-electron chi connectivity index (χ4n) is 2.81. The number of rotatable bonds is 13. The van der Waals surface area contributed by atoms with Crippen molar-refractivity contribution in [3.63, 3.8) is 0 Å². The van der Waals surface area contributed by atoms with Crippen molar-refractivity contribution in [3.8, 4) is 0 Å². The normalized spacial score (nSPS) is 13.5. The van der Waals surface area contributed by atoms with Crippen molar-refractivity contribution in [3.05, 3.63) is 71.8 Å². The molecule has 2 rings (SSSR count). The van der Waals surface area contributed by atoms with Crippen LogP contribution < -0.4 is 0 Å². The molecule has 142 valence electrons. The van der Waals surface area contributed by atoms with E-state index in [1.807, 2.05) is 0 Å². The third-order valence-electron chi connectivity index (χ3n) is 4.01. The van der Waals surface area contributed by atoms with E-state index in [1.54, 1.807) is 0 Å². The first-order valence-corrected chi connectivity index (χ1v) is 20.0. The van der Waals surface area contributed by atoms with E-state index in [2.05, 4.69) is 74.5 Å². The average Bonchev–Trinajstić information content (AvgIpc) is 2.67. The van der Waals surface area contributed by atoms with Crippen LogP contribution in [-0.2, 0) is 22.3 Å². The molecule has 0 heterocycles. The van der Waals surface area contributed by atoms with Crippen LogP contribution in [0.5, 0.6) is 0 Å². The average molecular weight is 582 g/mol. The van der Waals surface area contributed by atoms with Gasteiger partial charge in [0.2, 0.25) is 0 Å². The van der Waals surface area contributed by atoms with Crippen molar-refractivity contribution in [1.82, 2.24) is 0 Å². The molecule has 2 atom stereocenters. The standard InChI is InChI=1S/C22H30O2Te2/c1-3-23-21(15-19-11-7-5-8-12-19)17-25-26-18-22(24-4-2)16-20-13-9-6-10-14-20/h5-14,21-22H,3-4,15-18H2,1-2H3. The Morgan fingerprint density at radius 3 is 1.38 bits per heavy atom. The van der Waals surface area contributed by atoms with Gasteiger partial charge in [0.1, 0.15) is 0 Å². The minimum atomic E-state index is 0.0880. The van der Waals surface area contributed by atoms with Gasteiger partial charge in [-0.2, -0.15) is 0 Å². The predicted octanol–water partition coefficient (Wildman–Crippen LogP) is 4.44. The van der Waals surface area contributed by atoms with Crippen LogP contribution in [-0.4, -0.2) is 59.5 Å². The zero-order valence-electron chi connectivity index (χ0n) is 15.8. The second kappa shape index (κ2) is 14.0. The maximum atomic E-state index is 6.02. The van der Waals surface area contributed by atoms with Gasteiger partial charge in [0.25, 0.3) is 0 Å². The molecule has 0 fully saturated rings. The van der Waals surface area contributed by atoms with Gasteiger partial charge in [0.15, 0.2) is 0 Å². The van der Waals surface area contributed by atoms with Crippen LogP contribution in [0.25, 0.3) is 0 Å². The molecule has 2 nitrogen and oxygen atoms in total. The Kier molecular flexibility index (Phi) is 12.0. The number of benzene rings is 2. The maximum absolute atomic E-state index is 6.02. The fourth-order valence-corrected chi connectivity index (χ4v) is 14.9. The summed E-state index contributed by atoms with van der Waals surface area (Å²) in [6.07, 6.45) is 2.94. The first kappa shape index (κ1) is 22.2. The molecule has 4 heteroatoms. The molecule has 2 aromatic rings. The molecule has 0 spiro atoms. The van der Waals surface area contributed by atoms with E-state index in [1.165, 1.54) is 20.1 Å². The topological polar surface area (TPSA) is 18.5 Å². The van der Waals surface area contributed by atoms with E-state index in [0.717, 1.165) is 26.1 Å². The van der Waals surface area contributed by atoms with Gasteiger partial charge in [-0.3, -0.25) is 0 Å². The van der Waals surface area contributed by atoms with Crippen molar-refractivity contribution in [2.75, 3.05) is 13.2 Å². The summed E-state index contributed by atoms with van der Waals surface area (Å²) in [5.74, 6) is 0. The van der Waals surface area contributed by atoms with Gasteiger partial charge in [0, 0.05) is 0 Å². The number of ether oxygens (including phenoxy) is 2. The Balaban J connectivity index is 1.74. The van der Waals surface area contributed by atoms with Gasteiger partial charge in [-0.05, 0) is 0 Å². The first-order valence-electron chi connectivity index (χ1n) is 9.37. The molecule has 0 radical (unpaired) electrons. The molecule has 0 aliphatic rings. The van der Waals surface area contributed by atoms with Gasteiger partial charge in [0.05, 0.1) is 0 Å². The Hall–Kier alpha value is -0.0608. The third kappa shape index (κ3) is 9.23. The monoisotopic (exact) mass is 586 g/mol. The summed E-state index contributed by atoms with van der Waals surface area (Å²) in [5, 5.41) is 0. The predicted molar refractivity (Wildman–Crippen MR) is 112 cm³/mol. The SMILES string of the molecule is CCOC(C[Te][Te]CC(Cc1ccccc1)OCC)Cc1ccccc1. The molecule has 0 aliphatic carbocycles. The summed E-state index contributed by atoms with van der Waals surface area (Å²) in [4.78, 5) is 0. The Bertz CT molecular complexity index is 524. The number of hydrogen-bond donors (Lipinski definition) is 0. The molecule has 0 aromatic heterocycles. The van der Waals surface area contributed by atoms with E-state index >= 15 is 0 Å². The Labute approximate surface area is 175 Å². The van der Waals surface area contributed by atoms with Crippen LogP contribution in [0.4, 0.5) is 0 Å². The zero-order valence-corrected chi connectivity index (χ0v) is 20.5. The summed E-state index contributed by atoms with van der Waals surface area (Å²) in [5.41, 5.74) is 2.80. The van der Waals surface area contributed by atoms with Gasteiger partial charge in [-0.1, -0.05) is 0 Å². The van der Waals surface area contributed by atoms with Crippen molar-refractivity contribution < 1.29 is 9.47 Å². The molecule has 0 saturated heterocycles. The van der Waals surface area contributed by atoms with Crippen LogP contribution in [0, 0.1) is 0 Å². The van der Waals surface area contributed by atoms with Crippen molar-refractivity contribution >= 4 is 34.1 Å². The van der Waals surface area contributed by atoms with E-state index in [9.17, 15) is 0 Å². The summed E-state index contributed by atoms with van der Waals surface area (Å²) in [6, 6.07) is 21.5. The summed E-state index contributed by atoms with van der Waals surface area (Å²) in [7, 11) is 0. The summed E-state index contributed by atoms with van der Waals surface area (Å²) >= 11 is 0.176. The third-order valence-corrected chi connectivity index (χ3v) is 15.8. The Morgan fingerprint density at radius 2 is 1.04 bits per heavy atom. The van der Waals surface area contributed by atoms with E-state index < -0.39 is 0 Å². The van der Waals surface area contributed by atoms with Crippen LogP contribution in [0.3, 0.4) is 0 Å². The molecule has 2 aromatic carbocycles. The van der Waals surface area contributed by atoms with Crippen LogP contribution in [0.1, 0.15) is 25.0 Å². The quantitative estimate of drug-likeness (QED) is 0.257. The molecule has 0 amide bonds. The molecule has 2 unspecified atom stereocenters. The molecular weight excluding hydrogens is 551 g/mol. The van der Waals surface area contributed by atoms with E-state index in [0.29, 0.717) is 12.2 Å². The summed E-state index contributed by atoms with van der Waals surface area (Å²) < 4.78 is 14.6.